The van der Waals surface area contributed by atoms with Gasteiger partial charge in [0, 0.05) is 27.9 Å². The lowest BCUT2D eigenvalue weighted by Crippen LogP contribution is -2.36. The summed E-state index contributed by atoms with van der Waals surface area (Å²) in [5.41, 5.74) is 9.44. The number of allylic oxidation sites excluding steroid dienone is 2. The molecule has 0 saturated heterocycles. The van der Waals surface area contributed by atoms with Crippen molar-refractivity contribution in [3.05, 3.63) is 51.6 Å². The van der Waals surface area contributed by atoms with Gasteiger partial charge < -0.3 is 10.2 Å². The number of hydrogen-bond donors (Lipinski definition) is 1. The van der Waals surface area contributed by atoms with Crippen LogP contribution in [0.5, 0.6) is 5.75 Å². The molecule has 2 heterocycles. The number of methoxy groups -OCH3 is 1. The van der Waals surface area contributed by atoms with Gasteiger partial charge in [0.25, 0.3) is 0 Å². The van der Waals surface area contributed by atoms with Crippen molar-refractivity contribution in [2.24, 2.45) is 0 Å². The average Bonchev–Trinajstić information content (AvgIpc) is 2.99. The van der Waals surface area contributed by atoms with E-state index in [-0.39, 0.29) is 0 Å². The Morgan fingerprint density at radius 2 is 2.05 bits per heavy atom. The first-order valence-electron chi connectivity index (χ1n) is 7.69. The highest BCUT2D eigenvalue weighted by molar-refractivity contribution is 9.07. The molecular formula is C17H19BrN2OS. The van der Waals surface area contributed by atoms with Gasteiger partial charge in [-0.2, -0.15) is 4.03 Å². The van der Waals surface area contributed by atoms with Crippen LogP contribution in [0.1, 0.15) is 36.5 Å². The van der Waals surface area contributed by atoms with Crippen LogP contribution in [0.2, 0.25) is 0 Å². The Hall–Kier alpha value is -0.910. The van der Waals surface area contributed by atoms with Crippen LogP contribution in [0.4, 0.5) is 0 Å². The van der Waals surface area contributed by atoms with Crippen molar-refractivity contribution in [1.82, 2.24) is 9.46 Å². The van der Waals surface area contributed by atoms with Crippen molar-refractivity contribution in [2.75, 3.05) is 13.7 Å². The molecule has 1 atom stereocenters. The number of nitrogens with one attached hydrogen (secondary N) is 1. The largest absolute Gasteiger partial charge is 0.497 e. The summed E-state index contributed by atoms with van der Waals surface area (Å²) < 4.78 is 7.30. The Kier molecular flexibility index (Phi) is 3.96. The van der Waals surface area contributed by atoms with Crippen molar-refractivity contribution >= 4 is 27.9 Å². The van der Waals surface area contributed by atoms with Crippen LogP contribution in [0.3, 0.4) is 0 Å². The molecule has 0 fully saturated rings. The van der Waals surface area contributed by atoms with Crippen LogP contribution >= 0.6 is 27.9 Å². The highest BCUT2D eigenvalue weighted by Gasteiger charge is 2.34. The summed E-state index contributed by atoms with van der Waals surface area (Å²) in [5, 5.41) is 0.537. The molecule has 1 unspecified atom stereocenters. The van der Waals surface area contributed by atoms with Gasteiger partial charge in [-0.25, -0.2) is 0 Å². The van der Waals surface area contributed by atoms with Gasteiger partial charge >= 0.3 is 0 Å². The minimum Gasteiger partial charge on any atom is -0.497 e. The predicted octanol–water partition coefficient (Wildman–Crippen LogP) is 4.70. The van der Waals surface area contributed by atoms with E-state index in [9.17, 15) is 0 Å². The highest BCUT2D eigenvalue weighted by Crippen LogP contribution is 2.54. The fourth-order valence-corrected chi connectivity index (χ4v) is 5.24. The lowest BCUT2D eigenvalue weighted by atomic mass is 9.90. The lowest BCUT2D eigenvalue weighted by Gasteiger charge is -2.31. The van der Waals surface area contributed by atoms with Gasteiger partial charge in [-0.05, 0) is 59.4 Å². The highest BCUT2D eigenvalue weighted by atomic mass is 79.9. The molecule has 3 aliphatic rings. The van der Waals surface area contributed by atoms with E-state index in [0.29, 0.717) is 5.25 Å². The smallest absolute Gasteiger partial charge is 0.118 e. The summed E-state index contributed by atoms with van der Waals surface area (Å²) in [6.45, 7) is 1.04. The number of hydrazine groups is 1. The Morgan fingerprint density at radius 3 is 2.82 bits per heavy atom. The Morgan fingerprint density at radius 1 is 1.23 bits per heavy atom. The molecule has 0 radical (unpaired) electrons. The number of fused-ring (bicyclic) bond motifs is 1. The normalized spacial score (nSPS) is 24.9. The van der Waals surface area contributed by atoms with Gasteiger partial charge in [-0.3, -0.25) is 0 Å². The third-order valence-corrected chi connectivity index (χ3v) is 6.64. The summed E-state index contributed by atoms with van der Waals surface area (Å²) in [7, 11) is 1.72. The summed E-state index contributed by atoms with van der Waals surface area (Å²) in [6, 6.07) is 8.54. The summed E-state index contributed by atoms with van der Waals surface area (Å²) in [6.07, 6.45) is 4.72. The van der Waals surface area contributed by atoms with Gasteiger partial charge in [0.2, 0.25) is 0 Å². The SMILES string of the molecule is COc1ccc(C2CC3=C(CCC4=C3NN(Br)CC4)S2)cc1. The fraction of sp³-hybridized carbons (Fsp3) is 0.412. The first-order chi connectivity index (χ1) is 10.7. The summed E-state index contributed by atoms with van der Waals surface area (Å²) in [5.74, 6) is 0.929. The number of nitrogens with zero attached hydrogens (tertiary/aromatic N) is 1. The van der Waals surface area contributed by atoms with Crippen molar-refractivity contribution in [3.8, 4) is 5.75 Å². The Bertz CT molecular complexity index is 653. The average molecular weight is 379 g/mol. The molecule has 0 saturated carbocycles. The number of rotatable bonds is 2. The number of ether oxygens (including phenoxy) is 1. The fourth-order valence-electron chi connectivity index (χ4n) is 3.45. The molecule has 0 amide bonds. The number of thioether (sulfide) groups is 1. The molecule has 0 spiro atoms. The molecule has 22 heavy (non-hydrogen) atoms. The van der Waals surface area contributed by atoms with Crippen molar-refractivity contribution in [2.45, 2.75) is 30.9 Å². The van der Waals surface area contributed by atoms with Crippen LogP contribution < -0.4 is 10.2 Å². The molecule has 5 heteroatoms. The zero-order valence-electron chi connectivity index (χ0n) is 12.6. The maximum absolute atomic E-state index is 5.26. The molecule has 116 valence electrons. The van der Waals surface area contributed by atoms with Crippen LogP contribution in [0, 0.1) is 0 Å². The number of halogens is 1. The molecule has 1 aromatic carbocycles. The van der Waals surface area contributed by atoms with E-state index in [0.717, 1.165) is 18.7 Å². The molecule has 1 aromatic rings. The standard InChI is InChI=1S/C17H19BrN2OS/c1-21-13-5-2-11(3-6-13)16-10-14-15(22-16)7-4-12-8-9-20(18)19-17(12)14/h2-3,5-6,16,19H,4,7-10H2,1H3. The zero-order chi connectivity index (χ0) is 15.1. The van der Waals surface area contributed by atoms with E-state index in [1.807, 2.05) is 15.8 Å². The van der Waals surface area contributed by atoms with Crippen LogP contribution in [0.25, 0.3) is 0 Å². The van der Waals surface area contributed by atoms with E-state index in [1.165, 1.54) is 36.1 Å². The van der Waals surface area contributed by atoms with E-state index in [2.05, 4.69) is 45.8 Å². The Balaban J connectivity index is 1.57. The first-order valence-corrected chi connectivity index (χ1v) is 9.28. The summed E-state index contributed by atoms with van der Waals surface area (Å²) >= 11 is 5.62. The molecule has 0 bridgehead atoms. The van der Waals surface area contributed by atoms with Gasteiger partial charge in [0.05, 0.1) is 12.8 Å². The third-order valence-electron chi connectivity index (χ3n) is 4.65. The minimum atomic E-state index is 0.537. The van der Waals surface area contributed by atoms with Crippen molar-refractivity contribution < 1.29 is 4.74 Å². The van der Waals surface area contributed by atoms with E-state index < -0.39 is 0 Å². The second-order valence-corrected chi connectivity index (χ2v) is 8.07. The number of benzene rings is 1. The van der Waals surface area contributed by atoms with E-state index >= 15 is 0 Å². The van der Waals surface area contributed by atoms with Crippen molar-refractivity contribution in [3.63, 3.8) is 0 Å². The minimum absolute atomic E-state index is 0.537. The predicted molar refractivity (Wildman–Crippen MR) is 94.6 cm³/mol. The molecular weight excluding hydrogens is 360 g/mol. The maximum Gasteiger partial charge on any atom is 0.118 e. The molecule has 3 nitrogen and oxygen atoms in total. The number of hydrogen-bond acceptors (Lipinski definition) is 4. The van der Waals surface area contributed by atoms with E-state index in [4.69, 9.17) is 4.74 Å². The monoisotopic (exact) mass is 378 g/mol. The second kappa shape index (κ2) is 5.95. The van der Waals surface area contributed by atoms with Crippen molar-refractivity contribution in [1.29, 1.82) is 0 Å². The van der Waals surface area contributed by atoms with Crippen LogP contribution in [0.15, 0.2) is 46.0 Å². The van der Waals surface area contributed by atoms with Crippen LogP contribution in [-0.4, -0.2) is 17.7 Å². The van der Waals surface area contributed by atoms with E-state index in [1.54, 1.807) is 17.6 Å². The molecule has 0 aromatic heterocycles. The molecule has 1 N–H and O–H groups in total. The maximum atomic E-state index is 5.26. The second-order valence-electron chi connectivity index (χ2n) is 5.91. The van der Waals surface area contributed by atoms with Gasteiger partial charge in [-0.15, -0.1) is 11.8 Å². The van der Waals surface area contributed by atoms with Gasteiger partial charge in [0.1, 0.15) is 5.75 Å². The molecule has 4 rings (SSSR count). The van der Waals surface area contributed by atoms with Crippen LogP contribution in [-0.2, 0) is 0 Å². The van der Waals surface area contributed by atoms with Gasteiger partial charge in [-0.1, -0.05) is 12.1 Å². The first kappa shape index (κ1) is 14.7. The topological polar surface area (TPSA) is 24.5 Å². The Labute approximate surface area is 144 Å². The lowest BCUT2D eigenvalue weighted by molar-refractivity contribution is 0.379. The third kappa shape index (κ3) is 2.59. The quantitative estimate of drug-likeness (QED) is 0.754. The molecule has 2 aliphatic heterocycles. The summed E-state index contributed by atoms with van der Waals surface area (Å²) in [4.78, 5) is 1.58. The van der Waals surface area contributed by atoms with Gasteiger partial charge in [0.15, 0.2) is 0 Å². The zero-order valence-corrected chi connectivity index (χ0v) is 15.0. The molecule has 1 aliphatic carbocycles.